The molecule has 0 aromatic rings. The predicted molar refractivity (Wildman–Crippen MR) is 53.5 cm³/mol. The van der Waals surface area contributed by atoms with Gasteiger partial charge in [0.2, 0.25) is 5.91 Å². The van der Waals surface area contributed by atoms with E-state index in [0.29, 0.717) is 13.0 Å². The third-order valence-corrected chi connectivity index (χ3v) is 2.40. The van der Waals surface area contributed by atoms with E-state index in [1.807, 2.05) is 13.8 Å². The highest BCUT2D eigenvalue weighted by Gasteiger charge is 2.33. The number of aliphatic carboxylic acids is 1. The van der Waals surface area contributed by atoms with E-state index in [1.54, 1.807) is 0 Å². The van der Waals surface area contributed by atoms with Crippen molar-refractivity contribution in [3.05, 3.63) is 0 Å². The van der Waals surface area contributed by atoms with Gasteiger partial charge in [-0.05, 0) is 26.7 Å². The maximum atomic E-state index is 11.6. The van der Waals surface area contributed by atoms with E-state index in [9.17, 15) is 9.59 Å². The summed E-state index contributed by atoms with van der Waals surface area (Å²) in [5.74, 6) is -1.15. The molecule has 0 bridgehead atoms. The van der Waals surface area contributed by atoms with Gasteiger partial charge in [-0.1, -0.05) is 0 Å². The van der Waals surface area contributed by atoms with Gasteiger partial charge in [0, 0.05) is 6.54 Å². The van der Waals surface area contributed by atoms with Gasteiger partial charge < -0.3 is 14.7 Å². The quantitative estimate of drug-likeness (QED) is 0.741. The van der Waals surface area contributed by atoms with E-state index in [2.05, 4.69) is 0 Å². The summed E-state index contributed by atoms with van der Waals surface area (Å²) < 4.78 is 5.16. The molecule has 1 rings (SSSR count). The summed E-state index contributed by atoms with van der Waals surface area (Å²) in [4.78, 5) is 23.8. The smallest absolute Gasteiger partial charge is 0.326 e. The predicted octanol–water partition coefficient (Wildman–Crippen LogP) is 0.487. The molecule has 0 radical (unpaired) electrons. The van der Waals surface area contributed by atoms with Crippen LogP contribution in [0, 0.1) is 0 Å². The van der Waals surface area contributed by atoms with Crippen molar-refractivity contribution in [3.63, 3.8) is 0 Å². The molecule has 0 aromatic carbocycles. The van der Waals surface area contributed by atoms with Gasteiger partial charge in [0.25, 0.3) is 0 Å². The number of carboxylic acids is 1. The molecule has 86 valence electrons. The minimum absolute atomic E-state index is 0.0140. The van der Waals surface area contributed by atoms with Gasteiger partial charge >= 0.3 is 5.97 Å². The molecular weight excluding hydrogens is 198 g/mol. The molecule has 5 heteroatoms. The van der Waals surface area contributed by atoms with Gasteiger partial charge in [0.1, 0.15) is 12.6 Å². The lowest BCUT2D eigenvalue weighted by atomic mass is 10.2. The Bertz CT molecular complexity index is 252. The topological polar surface area (TPSA) is 66.8 Å². The molecule has 0 aromatic heterocycles. The number of amides is 1. The number of carboxylic acid groups (broad SMARTS) is 1. The molecule has 1 N–H and O–H groups in total. The fraction of sp³-hybridized carbons (Fsp3) is 0.800. The molecule has 1 atom stereocenters. The molecule has 1 amide bonds. The first-order valence-electron chi connectivity index (χ1n) is 5.16. The number of carbonyl (C=O) groups is 2. The Morgan fingerprint density at radius 1 is 1.53 bits per heavy atom. The van der Waals surface area contributed by atoms with E-state index in [0.717, 1.165) is 6.42 Å². The van der Waals surface area contributed by atoms with Crippen LogP contribution in [0.25, 0.3) is 0 Å². The van der Waals surface area contributed by atoms with Gasteiger partial charge in [0.05, 0.1) is 6.10 Å². The molecule has 0 unspecified atom stereocenters. The summed E-state index contributed by atoms with van der Waals surface area (Å²) >= 11 is 0. The van der Waals surface area contributed by atoms with Crippen LogP contribution in [0.1, 0.15) is 26.7 Å². The number of nitrogens with zero attached hydrogens (tertiary/aromatic N) is 1. The van der Waals surface area contributed by atoms with Crippen LogP contribution in [-0.2, 0) is 14.3 Å². The molecule has 0 spiro atoms. The SMILES string of the molecule is CC(C)OCC(=O)N1CCC[C@@H]1C(=O)O. The first kappa shape index (κ1) is 12.0. The average Bonchev–Trinajstić information content (AvgIpc) is 2.62. The van der Waals surface area contributed by atoms with E-state index < -0.39 is 12.0 Å². The molecule has 1 saturated heterocycles. The lowest BCUT2D eigenvalue weighted by Crippen LogP contribution is -2.42. The summed E-state index contributed by atoms with van der Waals surface area (Å²) in [7, 11) is 0. The summed E-state index contributed by atoms with van der Waals surface area (Å²) in [5.41, 5.74) is 0. The molecule has 1 aliphatic heterocycles. The fourth-order valence-corrected chi connectivity index (χ4v) is 1.64. The third kappa shape index (κ3) is 3.20. The second kappa shape index (κ2) is 5.11. The number of rotatable bonds is 4. The highest BCUT2D eigenvalue weighted by atomic mass is 16.5. The van der Waals surface area contributed by atoms with Crippen molar-refractivity contribution < 1.29 is 19.4 Å². The third-order valence-electron chi connectivity index (χ3n) is 2.40. The van der Waals surface area contributed by atoms with Crippen LogP contribution in [0.15, 0.2) is 0 Å². The lowest BCUT2D eigenvalue weighted by molar-refractivity contribution is -0.150. The van der Waals surface area contributed by atoms with E-state index in [-0.39, 0.29) is 18.6 Å². The van der Waals surface area contributed by atoms with Crippen molar-refractivity contribution in [1.29, 1.82) is 0 Å². The summed E-state index contributed by atoms with van der Waals surface area (Å²) in [5, 5.41) is 8.88. The lowest BCUT2D eigenvalue weighted by Gasteiger charge is -2.21. The van der Waals surface area contributed by atoms with Crippen LogP contribution in [0.4, 0.5) is 0 Å². The first-order valence-corrected chi connectivity index (χ1v) is 5.16. The highest BCUT2D eigenvalue weighted by molar-refractivity contribution is 5.84. The van der Waals surface area contributed by atoms with Crippen molar-refractivity contribution in [1.82, 2.24) is 4.90 Å². The summed E-state index contributed by atoms with van der Waals surface area (Å²) in [6.45, 7) is 4.18. The highest BCUT2D eigenvalue weighted by Crippen LogP contribution is 2.17. The van der Waals surface area contributed by atoms with Crippen LogP contribution in [0.5, 0.6) is 0 Å². The fourth-order valence-electron chi connectivity index (χ4n) is 1.64. The van der Waals surface area contributed by atoms with Crippen molar-refractivity contribution in [2.75, 3.05) is 13.2 Å². The van der Waals surface area contributed by atoms with E-state index >= 15 is 0 Å². The number of ether oxygens (including phenoxy) is 1. The Kier molecular flexibility index (Phi) is 4.08. The largest absolute Gasteiger partial charge is 0.480 e. The summed E-state index contributed by atoms with van der Waals surface area (Å²) in [6.07, 6.45) is 1.28. The maximum Gasteiger partial charge on any atom is 0.326 e. The number of likely N-dealkylation sites (tertiary alicyclic amines) is 1. The molecule has 0 saturated carbocycles. The monoisotopic (exact) mass is 215 g/mol. The van der Waals surface area contributed by atoms with E-state index in [4.69, 9.17) is 9.84 Å². The number of hydrogen-bond acceptors (Lipinski definition) is 3. The molecule has 1 heterocycles. The van der Waals surface area contributed by atoms with Crippen molar-refractivity contribution in [2.45, 2.75) is 38.8 Å². The van der Waals surface area contributed by atoms with Gasteiger partial charge in [0.15, 0.2) is 0 Å². The van der Waals surface area contributed by atoms with E-state index in [1.165, 1.54) is 4.90 Å². The Labute approximate surface area is 89.0 Å². The zero-order valence-electron chi connectivity index (χ0n) is 9.10. The van der Waals surface area contributed by atoms with Crippen LogP contribution >= 0.6 is 0 Å². The minimum atomic E-state index is -0.926. The number of carbonyl (C=O) groups excluding carboxylic acids is 1. The second-order valence-electron chi connectivity index (χ2n) is 3.94. The Morgan fingerprint density at radius 2 is 2.20 bits per heavy atom. The molecule has 5 nitrogen and oxygen atoms in total. The van der Waals surface area contributed by atoms with Gasteiger partial charge in [-0.3, -0.25) is 4.79 Å². The summed E-state index contributed by atoms with van der Waals surface area (Å²) in [6, 6.07) is -0.659. The number of hydrogen-bond donors (Lipinski definition) is 1. The van der Waals surface area contributed by atoms with Gasteiger partial charge in [-0.2, -0.15) is 0 Å². The van der Waals surface area contributed by atoms with Crippen LogP contribution < -0.4 is 0 Å². The average molecular weight is 215 g/mol. The molecule has 1 fully saturated rings. The molecule has 15 heavy (non-hydrogen) atoms. The Hall–Kier alpha value is -1.10. The van der Waals surface area contributed by atoms with Crippen molar-refractivity contribution in [3.8, 4) is 0 Å². The zero-order chi connectivity index (χ0) is 11.4. The Morgan fingerprint density at radius 3 is 2.73 bits per heavy atom. The standard InChI is InChI=1S/C10H17NO4/c1-7(2)15-6-9(12)11-5-3-4-8(11)10(13)14/h7-8H,3-6H2,1-2H3,(H,13,14)/t8-/m1/s1. The van der Waals surface area contributed by atoms with Crippen LogP contribution in [0.3, 0.4) is 0 Å². The molecular formula is C10H17NO4. The van der Waals surface area contributed by atoms with Crippen molar-refractivity contribution >= 4 is 11.9 Å². The maximum absolute atomic E-state index is 11.6. The Balaban J connectivity index is 2.47. The first-order chi connectivity index (χ1) is 7.02. The van der Waals surface area contributed by atoms with Crippen LogP contribution in [0.2, 0.25) is 0 Å². The van der Waals surface area contributed by atoms with Crippen LogP contribution in [-0.4, -0.2) is 47.2 Å². The van der Waals surface area contributed by atoms with Gasteiger partial charge in [-0.25, -0.2) is 4.79 Å². The molecule has 1 aliphatic rings. The zero-order valence-corrected chi connectivity index (χ0v) is 9.10. The normalized spacial score (nSPS) is 21.0. The minimum Gasteiger partial charge on any atom is -0.480 e. The molecule has 0 aliphatic carbocycles. The van der Waals surface area contributed by atoms with Gasteiger partial charge in [-0.15, -0.1) is 0 Å². The van der Waals surface area contributed by atoms with Crippen molar-refractivity contribution in [2.24, 2.45) is 0 Å². The second-order valence-corrected chi connectivity index (χ2v) is 3.94.